The third-order valence-corrected chi connectivity index (χ3v) is 5.01. The molecule has 148 valence electrons. The zero-order chi connectivity index (χ0) is 19.8. The minimum atomic E-state index is -0.300. The van der Waals surface area contributed by atoms with Gasteiger partial charge in [-0.05, 0) is 42.9 Å². The van der Waals surface area contributed by atoms with Gasteiger partial charge >= 0.3 is 0 Å². The molecule has 2 aromatic rings. The molecule has 0 unspecified atom stereocenters. The number of nitrogens with zero attached hydrogens (tertiary/aromatic N) is 1. The Morgan fingerprint density at radius 2 is 1.86 bits per heavy atom. The third kappa shape index (κ3) is 5.63. The summed E-state index contributed by atoms with van der Waals surface area (Å²) in [5, 5.41) is 5.56. The van der Waals surface area contributed by atoms with Crippen LogP contribution in [-0.2, 0) is 11.2 Å². The smallest absolute Gasteiger partial charge is 0.269 e. The van der Waals surface area contributed by atoms with E-state index in [4.69, 9.17) is 4.74 Å². The SMILES string of the molecule is CNC(=O)c1cc(C(=O)NCCC2CCOCC2)cc(Cc2ccccc2)n1. The van der Waals surface area contributed by atoms with E-state index in [1.807, 2.05) is 30.3 Å². The van der Waals surface area contributed by atoms with Gasteiger partial charge in [0.05, 0.1) is 0 Å². The molecule has 1 aromatic heterocycles. The predicted octanol–water partition coefficient (Wildman–Crippen LogP) is 2.58. The van der Waals surface area contributed by atoms with E-state index in [0.717, 1.165) is 38.0 Å². The van der Waals surface area contributed by atoms with Crippen molar-refractivity contribution in [2.45, 2.75) is 25.7 Å². The van der Waals surface area contributed by atoms with Gasteiger partial charge in [0, 0.05) is 44.5 Å². The van der Waals surface area contributed by atoms with Crippen LogP contribution in [0.15, 0.2) is 42.5 Å². The van der Waals surface area contributed by atoms with Crippen molar-refractivity contribution in [3.63, 3.8) is 0 Å². The van der Waals surface area contributed by atoms with E-state index in [9.17, 15) is 9.59 Å². The first-order valence-corrected chi connectivity index (χ1v) is 9.78. The standard InChI is InChI=1S/C22H27N3O3/c1-23-22(27)20-15-18(14-19(25-20)13-17-5-3-2-4-6-17)21(26)24-10-7-16-8-11-28-12-9-16/h2-6,14-16H,7-13H2,1H3,(H,23,27)(H,24,26). The second-order valence-electron chi connectivity index (χ2n) is 7.07. The van der Waals surface area contributed by atoms with Crippen molar-refractivity contribution in [3.8, 4) is 0 Å². The Morgan fingerprint density at radius 1 is 1.11 bits per heavy atom. The molecule has 2 N–H and O–H groups in total. The van der Waals surface area contributed by atoms with Crippen molar-refractivity contribution < 1.29 is 14.3 Å². The van der Waals surface area contributed by atoms with Crippen molar-refractivity contribution in [3.05, 3.63) is 65.0 Å². The molecule has 1 fully saturated rings. The van der Waals surface area contributed by atoms with Gasteiger partial charge in [0.1, 0.15) is 5.69 Å². The molecule has 28 heavy (non-hydrogen) atoms. The van der Waals surface area contributed by atoms with Crippen molar-refractivity contribution in [2.75, 3.05) is 26.8 Å². The van der Waals surface area contributed by atoms with Crippen LogP contribution >= 0.6 is 0 Å². The highest BCUT2D eigenvalue weighted by Gasteiger charge is 2.16. The lowest BCUT2D eigenvalue weighted by atomic mass is 9.96. The van der Waals surface area contributed by atoms with Crippen molar-refractivity contribution in [1.82, 2.24) is 15.6 Å². The first-order chi connectivity index (χ1) is 13.7. The summed E-state index contributed by atoms with van der Waals surface area (Å²) in [4.78, 5) is 29.2. The van der Waals surface area contributed by atoms with Gasteiger partial charge < -0.3 is 15.4 Å². The van der Waals surface area contributed by atoms with Gasteiger partial charge in [0.25, 0.3) is 11.8 Å². The van der Waals surface area contributed by atoms with Crippen LogP contribution in [0.5, 0.6) is 0 Å². The van der Waals surface area contributed by atoms with E-state index in [1.165, 1.54) is 0 Å². The van der Waals surface area contributed by atoms with Crippen molar-refractivity contribution in [2.24, 2.45) is 5.92 Å². The molecule has 0 aliphatic carbocycles. The van der Waals surface area contributed by atoms with Crippen molar-refractivity contribution in [1.29, 1.82) is 0 Å². The van der Waals surface area contributed by atoms with Gasteiger partial charge in [-0.25, -0.2) is 4.98 Å². The topological polar surface area (TPSA) is 80.3 Å². The molecular formula is C22H27N3O3. The molecule has 3 rings (SSSR count). The lowest BCUT2D eigenvalue weighted by Gasteiger charge is -2.21. The summed E-state index contributed by atoms with van der Waals surface area (Å²) >= 11 is 0. The number of nitrogens with one attached hydrogen (secondary N) is 2. The van der Waals surface area contributed by atoms with Crippen LogP contribution < -0.4 is 10.6 Å². The second-order valence-corrected chi connectivity index (χ2v) is 7.07. The number of carbonyl (C=O) groups is 2. The van der Waals surface area contributed by atoms with Crippen LogP contribution in [0.2, 0.25) is 0 Å². The fourth-order valence-corrected chi connectivity index (χ4v) is 3.39. The summed E-state index contributed by atoms with van der Waals surface area (Å²) in [6.45, 7) is 2.23. The van der Waals surface area contributed by atoms with Crippen LogP contribution in [0.3, 0.4) is 0 Å². The second kappa shape index (κ2) is 9.99. The molecule has 0 spiro atoms. The number of hydrogen-bond donors (Lipinski definition) is 2. The minimum absolute atomic E-state index is 0.172. The molecular weight excluding hydrogens is 354 g/mol. The van der Waals surface area contributed by atoms with Crippen LogP contribution in [-0.4, -0.2) is 43.6 Å². The molecule has 6 nitrogen and oxygen atoms in total. The summed E-state index contributed by atoms with van der Waals surface area (Å²) in [5.41, 5.74) is 2.49. The van der Waals surface area contributed by atoms with E-state index in [2.05, 4.69) is 15.6 Å². The van der Waals surface area contributed by atoms with Gasteiger partial charge in [-0.3, -0.25) is 9.59 Å². The number of aromatic nitrogens is 1. The minimum Gasteiger partial charge on any atom is -0.381 e. The summed E-state index contributed by atoms with van der Waals surface area (Å²) < 4.78 is 5.37. The van der Waals surface area contributed by atoms with E-state index >= 15 is 0 Å². The monoisotopic (exact) mass is 381 g/mol. The van der Waals surface area contributed by atoms with Crippen LogP contribution in [0.25, 0.3) is 0 Å². The number of pyridine rings is 1. The fourth-order valence-electron chi connectivity index (χ4n) is 3.39. The highest BCUT2D eigenvalue weighted by atomic mass is 16.5. The maximum atomic E-state index is 12.7. The van der Waals surface area contributed by atoms with Crippen molar-refractivity contribution >= 4 is 11.8 Å². The molecule has 6 heteroatoms. The Balaban J connectivity index is 1.69. The first-order valence-electron chi connectivity index (χ1n) is 9.78. The Kier molecular flexibility index (Phi) is 7.14. The largest absolute Gasteiger partial charge is 0.381 e. The zero-order valence-corrected chi connectivity index (χ0v) is 16.2. The lowest BCUT2D eigenvalue weighted by molar-refractivity contribution is 0.0636. The first kappa shape index (κ1) is 20.0. The van der Waals surface area contributed by atoms with Gasteiger partial charge in [0.2, 0.25) is 0 Å². The molecule has 0 saturated carbocycles. The van der Waals surface area contributed by atoms with Gasteiger partial charge in [-0.15, -0.1) is 0 Å². The van der Waals surface area contributed by atoms with E-state index in [0.29, 0.717) is 30.1 Å². The van der Waals surface area contributed by atoms with E-state index in [1.54, 1.807) is 19.2 Å². The summed E-state index contributed by atoms with van der Waals surface area (Å²) in [6, 6.07) is 13.2. The van der Waals surface area contributed by atoms with Gasteiger partial charge in [-0.1, -0.05) is 30.3 Å². The summed E-state index contributed by atoms with van der Waals surface area (Å²) in [6.07, 6.45) is 3.60. The molecule has 1 aromatic carbocycles. The Hall–Kier alpha value is -2.73. The average molecular weight is 381 g/mol. The molecule has 2 heterocycles. The van der Waals surface area contributed by atoms with Crippen LogP contribution in [0.1, 0.15) is 51.4 Å². The molecule has 2 amide bonds. The Bertz CT molecular complexity index is 802. The van der Waals surface area contributed by atoms with E-state index < -0.39 is 0 Å². The fraction of sp³-hybridized carbons (Fsp3) is 0.409. The summed E-state index contributed by atoms with van der Waals surface area (Å²) in [5.74, 6) is 0.127. The van der Waals surface area contributed by atoms with Gasteiger partial charge in [-0.2, -0.15) is 0 Å². The number of benzene rings is 1. The number of rotatable bonds is 7. The number of carbonyl (C=O) groups excluding carboxylic acids is 2. The Labute approximate surface area is 165 Å². The molecule has 0 bridgehead atoms. The maximum Gasteiger partial charge on any atom is 0.269 e. The number of ether oxygens (including phenoxy) is 1. The lowest BCUT2D eigenvalue weighted by Crippen LogP contribution is -2.28. The predicted molar refractivity (Wildman–Crippen MR) is 107 cm³/mol. The molecule has 0 atom stereocenters. The molecule has 0 radical (unpaired) electrons. The quantitative estimate of drug-likeness (QED) is 0.773. The zero-order valence-electron chi connectivity index (χ0n) is 16.2. The Morgan fingerprint density at radius 3 is 2.57 bits per heavy atom. The van der Waals surface area contributed by atoms with Crippen LogP contribution in [0.4, 0.5) is 0 Å². The highest BCUT2D eigenvalue weighted by molar-refractivity contribution is 5.98. The van der Waals surface area contributed by atoms with Gasteiger partial charge in [0.15, 0.2) is 0 Å². The highest BCUT2D eigenvalue weighted by Crippen LogP contribution is 2.18. The average Bonchev–Trinajstić information content (AvgIpc) is 2.74. The molecule has 1 aliphatic rings. The third-order valence-electron chi connectivity index (χ3n) is 5.01. The number of hydrogen-bond acceptors (Lipinski definition) is 4. The molecule has 1 aliphatic heterocycles. The number of amides is 2. The summed E-state index contributed by atoms with van der Waals surface area (Å²) in [7, 11) is 1.56. The van der Waals surface area contributed by atoms with Crippen LogP contribution in [0, 0.1) is 5.92 Å². The maximum absolute atomic E-state index is 12.7. The molecule has 1 saturated heterocycles. The normalized spacial score (nSPS) is 14.5. The van der Waals surface area contributed by atoms with E-state index in [-0.39, 0.29) is 17.5 Å².